The lowest BCUT2D eigenvalue weighted by atomic mass is 9.81. The van der Waals surface area contributed by atoms with Crippen molar-refractivity contribution in [3.05, 3.63) is 17.7 Å². The summed E-state index contributed by atoms with van der Waals surface area (Å²) < 4.78 is 16.5. The van der Waals surface area contributed by atoms with Crippen LogP contribution in [-0.4, -0.2) is 44.5 Å². The number of amides is 2. The molecule has 2 aliphatic carbocycles. The van der Waals surface area contributed by atoms with Gasteiger partial charge in [0.15, 0.2) is 11.4 Å². The van der Waals surface area contributed by atoms with Crippen molar-refractivity contribution in [2.24, 2.45) is 0 Å². The van der Waals surface area contributed by atoms with Crippen LogP contribution in [0.4, 0.5) is 4.39 Å². The molecule has 0 aromatic carbocycles. The molecular formula is C18H25FN4O2. The van der Waals surface area contributed by atoms with Crippen LogP contribution in [0.5, 0.6) is 0 Å². The summed E-state index contributed by atoms with van der Waals surface area (Å²) in [7, 11) is 0. The highest BCUT2D eigenvalue weighted by Crippen LogP contribution is 2.38. The molecule has 2 fully saturated rings. The molecule has 0 spiro atoms. The van der Waals surface area contributed by atoms with Gasteiger partial charge in [0, 0.05) is 19.1 Å². The van der Waals surface area contributed by atoms with Crippen LogP contribution in [0.3, 0.4) is 0 Å². The van der Waals surface area contributed by atoms with Crippen LogP contribution in [0.15, 0.2) is 6.33 Å². The quantitative estimate of drug-likeness (QED) is 0.910. The zero-order valence-corrected chi connectivity index (χ0v) is 14.5. The van der Waals surface area contributed by atoms with Gasteiger partial charge >= 0.3 is 0 Å². The lowest BCUT2D eigenvalue weighted by Gasteiger charge is -2.36. The standard InChI is InChI=1S/C18H25FN4O2/c19-18(7-3-8-18)17(25)22-9-4-10-23-12-20-15(14(23)11-22)16(24)21-13-5-1-2-6-13/h12-13H,1-11H2,(H,21,24). The lowest BCUT2D eigenvalue weighted by Crippen LogP contribution is -2.50. The van der Waals surface area contributed by atoms with Crippen molar-refractivity contribution < 1.29 is 14.0 Å². The highest BCUT2D eigenvalue weighted by atomic mass is 19.1. The molecular weight excluding hydrogens is 323 g/mol. The molecule has 3 aliphatic rings. The van der Waals surface area contributed by atoms with E-state index in [-0.39, 0.29) is 18.5 Å². The Kier molecular flexibility index (Phi) is 4.25. The number of carbonyl (C=O) groups excluding carboxylic acids is 2. The number of hydrogen-bond acceptors (Lipinski definition) is 3. The monoisotopic (exact) mass is 348 g/mol. The van der Waals surface area contributed by atoms with Crippen LogP contribution in [0.2, 0.25) is 0 Å². The molecule has 2 saturated carbocycles. The fraction of sp³-hybridized carbons (Fsp3) is 0.722. The maximum Gasteiger partial charge on any atom is 0.272 e. The summed E-state index contributed by atoms with van der Waals surface area (Å²) >= 11 is 0. The van der Waals surface area contributed by atoms with E-state index in [0.29, 0.717) is 31.6 Å². The first-order valence-corrected chi connectivity index (χ1v) is 9.40. The summed E-state index contributed by atoms with van der Waals surface area (Å²) in [6, 6.07) is 0.220. The van der Waals surface area contributed by atoms with Crippen molar-refractivity contribution in [3.8, 4) is 0 Å². The summed E-state index contributed by atoms with van der Waals surface area (Å²) in [5, 5.41) is 3.06. The lowest BCUT2D eigenvalue weighted by molar-refractivity contribution is -0.150. The molecule has 136 valence electrons. The third-order valence-corrected chi connectivity index (χ3v) is 5.84. The molecule has 0 bridgehead atoms. The fourth-order valence-electron chi connectivity index (χ4n) is 4.13. The fourth-order valence-corrected chi connectivity index (χ4v) is 4.13. The number of halogens is 1. The molecule has 1 aliphatic heterocycles. The largest absolute Gasteiger partial charge is 0.348 e. The molecule has 2 heterocycles. The maximum atomic E-state index is 14.6. The zero-order valence-electron chi connectivity index (χ0n) is 14.5. The van der Waals surface area contributed by atoms with E-state index in [4.69, 9.17) is 0 Å². The average Bonchev–Trinajstić information content (AvgIpc) is 3.17. The van der Waals surface area contributed by atoms with Gasteiger partial charge in [0.1, 0.15) is 0 Å². The molecule has 1 N–H and O–H groups in total. The number of rotatable bonds is 3. The van der Waals surface area contributed by atoms with Gasteiger partial charge in [0.05, 0.1) is 18.6 Å². The Morgan fingerprint density at radius 2 is 1.92 bits per heavy atom. The number of alkyl halides is 1. The second kappa shape index (κ2) is 6.42. The van der Waals surface area contributed by atoms with Crippen molar-refractivity contribution in [1.82, 2.24) is 19.8 Å². The van der Waals surface area contributed by atoms with E-state index < -0.39 is 11.6 Å². The smallest absolute Gasteiger partial charge is 0.272 e. The van der Waals surface area contributed by atoms with Gasteiger partial charge in [-0.15, -0.1) is 0 Å². The Morgan fingerprint density at radius 3 is 2.60 bits per heavy atom. The van der Waals surface area contributed by atoms with E-state index >= 15 is 0 Å². The Labute approximate surface area is 146 Å². The van der Waals surface area contributed by atoms with Crippen LogP contribution < -0.4 is 5.32 Å². The average molecular weight is 348 g/mol. The van der Waals surface area contributed by atoms with Gasteiger partial charge in [-0.3, -0.25) is 9.59 Å². The van der Waals surface area contributed by atoms with Crippen molar-refractivity contribution >= 4 is 11.8 Å². The number of aryl methyl sites for hydroxylation is 1. The van der Waals surface area contributed by atoms with Crippen molar-refractivity contribution in [2.75, 3.05) is 6.54 Å². The molecule has 0 radical (unpaired) electrons. The summed E-state index contributed by atoms with van der Waals surface area (Å²) in [5.74, 6) is -0.593. The van der Waals surface area contributed by atoms with E-state index in [2.05, 4.69) is 10.3 Å². The normalized spacial score (nSPS) is 22.8. The topological polar surface area (TPSA) is 67.2 Å². The minimum Gasteiger partial charge on any atom is -0.348 e. The number of fused-ring (bicyclic) bond motifs is 1. The number of carbonyl (C=O) groups is 2. The minimum atomic E-state index is -1.69. The van der Waals surface area contributed by atoms with Gasteiger partial charge in [0.25, 0.3) is 11.8 Å². The van der Waals surface area contributed by atoms with E-state index in [1.165, 1.54) is 0 Å². The second-order valence-corrected chi connectivity index (χ2v) is 7.59. The molecule has 7 heteroatoms. The maximum absolute atomic E-state index is 14.6. The number of hydrogen-bond donors (Lipinski definition) is 1. The first kappa shape index (κ1) is 16.5. The van der Waals surface area contributed by atoms with Crippen LogP contribution in [0, 0.1) is 0 Å². The van der Waals surface area contributed by atoms with E-state index in [1.807, 2.05) is 4.57 Å². The molecule has 1 aromatic rings. The SMILES string of the molecule is O=C(NC1CCCC1)c1ncn2c1CN(C(=O)C1(F)CCC1)CCC2. The Bertz CT molecular complexity index is 677. The third-order valence-electron chi connectivity index (χ3n) is 5.84. The molecule has 2 amide bonds. The van der Waals surface area contributed by atoms with Gasteiger partial charge in [0.2, 0.25) is 0 Å². The predicted molar refractivity (Wildman–Crippen MR) is 89.7 cm³/mol. The second-order valence-electron chi connectivity index (χ2n) is 7.59. The van der Waals surface area contributed by atoms with Crippen LogP contribution in [-0.2, 0) is 17.9 Å². The highest BCUT2D eigenvalue weighted by Gasteiger charge is 2.47. The van der Waals surface area contributed by atoms with Gasteiger partial charge in [-0.05, 0) is 38.5 Å². The van der Waals surface area contributed by atoms with Crippen LogP contribution in [0.1, 0.15) is 67.5 Å². The van der Waals surface area contributed by atoms with Crippen molar-refractivity contribution in [2.45, 2.75) is 76.2 Å². The van der Waals surface area contributed by atoms with Crippen molar-refractivity contribution in [1.29, 1.82) is 0 Å². The van der Waals surface area contributed by atoms with Gasteiger partial charge < -0.3 is 14.8 Å². The molecule has 25 heavy (non-hydrogen) atoms. The molecule has 0 atom stereocenters. The van der Waals surface area contributed by atoms with Gasteiger partial charge in [-0.1, -0.05) is 12.8 Å². The van der Waals surface area contributed by atoms with E-state index in [1.54, 1.807) is 11.2 Å². The predicted octanol–water partition coefficient (Wildman–Crippen LogP) is 2.18. The Balaban J connectivity index is 1.52. The minimum absolute atomic E-state index is 0.173. The first-order chi connectivity index (χ1) is 12.1. The molecule has 0 saturated heterocycles. The number of aromatic nitrogens is 2. The zero-order chi connectivity index (χ0) is 17.4. The summed E-state index contributed by atoms with van der Waals surface area (Å²) in [5.41, 5.74) is -0.584. The van der Waals surface area contributed by atoms with E-state index in [9.17, 15) is 14.0 Å². The Morgan fingerprint density at radius 1 is 1.16 bits per heavy atom. The Hall–Kier alpha value is -1.92. The number of nitrogens with zero attached hydrogens (tertiary/aromatic N) is 3. The third kappa shape index (κ3) is 3.04. The highest BCUT2D eigenvalue weighted by molar-refractivity contribution is 5.94. The van der Waals surface area contributed by atoms with Gasteiger partial charge in [-0.2, -0.15) is 0 Å². The number of nitrogens with one attached hydrogen (secondary N) is 1. The summed E-state index contributed by atoms with van der Waals surface area (Å²) in [6.45, 7) is 1.48. The first-order valence-electron chi connectivity index (χ1n) is 9.40. The van der Waals surface area contributed by atoms with Crippen molar-refractivity contribution in [3.63, 3.8) is 0 Å². The van der Waals surface area contributed by atoms with Gasteiger partial charge in [-0.25, -0.2) is 9.37 Å². The molecule has 4 rings (SSSR count). The summed E-state index contributed by atoms with van der Waals surface area (Å²) in [4.78, 5) is 31.1. The molecule has 0 unspecified atom stereocenters. The van der Waals surface area contributed by atoms with E-state index in [0.717, 1.165) is 44.2 Å². The molecule has 6 nitrogen and oxygen atoms in total. The van der Waals surface area contributed by atoms with Crippen LogP contribution in [0.25, 0.3) is 0 Å². The number of imidazole rings is 1. The van der Waals surface area contributed by atoms with Crippen LogP contribution >= 0.6 is 0 Å². The molecule has 1 aromatic heterocycles. The summed E-state index contributed by atoms with van der Waals surface area (Å²) in [6.07, 6.45) is 8.13.